The molecule has 2 nitrogen and oxygen atoms in total. The molecule has 0 bridgehead atoms. The molecule has 3 heterocycles. The van der Waals surface area contributed by atoms with Crippen LogP contribution in [-0.2, 0) is 4.74 Å². The third kappa shape index (κ3) is 2.99. The molecule has 0 aromatic carbocycles. The summed E-state index contributed by atoms with van der Waals surface area (Å²) in [7, 11) is 0. The SMILES string of the molecule is C1CCC(CC2CCOC3(CCSC3)C2)NC1. The molecule has 1 N–H and O–H groups in total. The highest BCUT2D eigenvalue weighted by molar-refractivity contribution is 7.99. The van der Waals surface area contributed by atoms with Gasteiger partial charge in [0.1, 0.15) is 0 Å². The van der Waals surface area contributed by atoms with Crippen molar-refractivity contribution in [2.24, 2.45) is 5.92 Å². The second kappa shape index (κ2) is 5.50. The van der Waals surface area contributed by atoms with Crippen LogP contribution < -0.4 is 5.32 Å². The standard InChI is InChI=1S/C14H25NOS/c1-2-6-15-13(3-1)9-12-4-7-16-14(10-12)5-8-17-11-14/h12-13,15H,1-11H2. The van der Waals surface area contributed by atoms with Crippen LogP contribution in [0.25, 0.3) is 0 Å². The average Bonchev–Trinajstić information content (AvgIpc) is 2.79. The second-order valence-electron chi connectivity index (χ2n) is 6.08. The monoisotopic (exact) mass is 255 g/mol. The summed E-state index contributed by atoms with van der Waals surface area (Å²) in [6.07, 6.45) is 9.54. The minimum atomic E-state index is 0.280. The topological polar surface area (TPSA) is 21.3 Å². The molecule has 3 fully saturated rings. The van der Waals surface area contributed by atoms with Crippen LogP contribution in [0.2, 0.25) is 0 Å². The van der Waals surface area contributed by atoms with E-state index in [2.05, 4.69) is 17.1 Å². The number of thioether (sulfide) groups is 1. The minimum Gasteiger partial charge on any atom is -0.374 e. The molecular formula is C14H25NOS. The number of nitrogens with one attached hydrogen (secondary N) is 1. The van der Waals surface area contributed by atoms with Crippen molar-refractivity contribution in [1.82, 2.24) is 5.32 Å². The molecule has 0 aromatic rings. The van der Waals surface area contributed by atoms with Crippen molar-refractivity contribution in [3.05, 3.63) is 0 Å². The van der Waals surface area contributed by atoms with E-state index in [9.17, 15) is 0 Å². The van der Waals surface area contributed by atoms with Gasteiger partial charge in [-0.1, -0.05) is 6.42 Å². The predicted octanol–water partition coefficient (Wildman–Crippen LogP) is 2.82. The summed E-state index contributed by atoms with van der Waals surface area (Å²) < 4.78 is 6.10. The van der Waals surface area contributed by atoms with Crippen molar-refractivity contribution in [2.75, 3.05) is 24.7 Å². The van der Waals surface area contributed by atoms with Gasteiger partial charge in [0.15, 0.2) is 0 Å². The lowest BCUT2D eigenvalue weighted by Gasteiger charge is -2.39. The Bertz CT molecular complexity index is 247. The zero-order valence-corrected chi connectivity index (χ0v) is 11.6. The van der Waals surface area contributed by atoms with E-state index in [-0.39, 0.29) is 5.60 Å². The quantitative estimate of drug-likeness (QED) is 0.820. The van der Waals surface area contributed by atoms with Gasteiger partial charge in [-0.2, -0.15) is 11.8 Å². The van der Waals surface area contributed by atoms with Gasteiger partial charge in [-0.25, -0.2) is 0 Å². The van der Waals surface area contributed by atoms with Gasteiger partial charge in [0.2, 0.25) is 0 Å². The van der Waals surface area contributed by atoms with Crippen molar-refractivity contribution in [3.8, 4) is 0 Å². The van der Waals surface area contributed by atoms with Crippen LogP contribution >= 0.6 is 11.8 Å². The Morgan fingerprint density at radius 1 is 1.29 bits per heavy atom. The predicted molar refractivity (Wildman–Crippen MR) is 73.6 cm³/mol. The van der Waals surface area contributed by atoms with Gasteiger partial charge >= 0.3 is 0 Å². The summed E-state index contributed by atoms with van der Waals surface area (Å²) in [6.45, 7) is 2.26. The van der Waals surface area contributed by atoms with Crippen LogP contribution in [0, 0.1) is 5.92 Å². The molecule has 3 unspecified atom stereocenters. The Balaban J connectivity index is 1.52. The summed E-state index contributed by atoms with van der Waals surface area (Å²) in [4.78, 5) is 0. The van der Waals surface area contributed by atoms with E-state index in [1.165, 1.54) is 63.0 Å². The largest absolute Gasteiger partial charge is 0.374 e. The second-order valence-corrected chi connectivity index (χ2v) is 7.18. The van der Waals surface area contributed by atoms with Crippen molar-refractivity contribution >= 4 is 11.8 Å². The van der Waals surface area contributed by atoms with E-state index in [0.29, 0.717) is 0 Å². The Morgan fingerprint density at radius 3 is 3.06 bits per heavy atom. The molecule has 3 aliphatic rings. The Labute approximate surface area is 109 Å². The number of ether oxygens (including phenoxy) is 1. The molecule has 3 atom stereocenters. The lowest BCUT2D eigenvalue weighted by atomic mass is 9.81. The molecule has 3 saturated heterocycles. The van der Waals surface area contributed by atoms with E-state index in [1.54, 1.807) is 0 Å². The Morgan fingerprint density at radius 2 is 2.29 bits per heavy atom. The maximum Gasteiger partial charge on any atom is 0.0783 e. The molecule has 17 heavy (non-hydrogen) atoms. The van der Waals surface area contributed by atoms with E-state index < -0.39 is 0 Å². The Hall–Kier alpha value is 0.270. The number of rotatable bonds is 2. The van der Waals surface area contributed by atoms with Gasteiger partial charge in [0.05, 0.1) is 5.60 Å². The fourth-order valence-electron chi connectivity index (χ4n) is 3.72. The number of hydrogen-bond donors (Lipinski definition) is 1. The van der Waals surface area contributed by atoms with Gasteiger partial charge in [-0.3, -0.25) is 0 Å². The molecule has 3 heteroatoms. The molecule has 0 saturated carbocycles. The molecule has 0 aliphatic carbocycles. The molecule has 0 radical (unpaired) electrons. The van der Waals surface area contributed by atoms with Gasteiger partial charge < -0.3 is 10.1 Å². The highest BCUT2D eigenvalue weighted by Crippen LogP contribution is 2.41. The third-order valence-corrected chi connectivity index (χ3v) is 5.92. The first-order valence-electron chi connectivity index (χ1n) is 7.31. The first-order valence-corrected chi connectivity index (χ1v) is 8.47. The minimum absolute atomic E-state index is 0.280. The van der Waals surface area contributed by atoms with Crippen LogP contribution in [0.4, 0.5) is 0 Å². The van der Waals surface area contributed by atoms with E-state index in [4.69, 9.17) is 4.74 Å². The first-order chi connectivity index (χ1) is 8.36. The van der Waals surface area contributed by atoms with Crippen LogP contribution in [0.3, 0.4) is 0 Å². The van der Waals surface area contributed by atoms with Crippen LogP contribution in [0.15, 0.2) is 0 Å². The summed E-state index contributed by atoms with van der Waals surface area (Å²) in [5.41, 5.74) is 0.280. The fraction of sp³-hybridized carbons (Fsp3) is 1.00. The van der Waals surface area contributed by atoms with E-state index in [1.807, 2.05) is 0 Å². The van der Waals surface area contributed by atoms with Gasteiger partial charge in [0.25, 0.3) is 0 Å². The fourth-order valence-corrected chi connectivity index (χ4v) is 5.10. The highest BCUT2D eigenvalue weighted by Gasteiger charge is 2.40. The lowest BCUT2D eigenvalue weighted by Crippen LogP contribution is -2.43. The van der Waals surface area contributed by atoms with Crippen LogP contribution in [-0.4, -0.2) is 36.3 Å². The summed E-state index contributed by atoms with van der Waals surface area (Å²) in [5.74, 6) is 3.48. The molecule has 3 rings (SSSR count). The van der Waals surface area contributed by atoms with Crippen molar-refractivity contribution in [1.29, 1.82) is 0 Å². The van der Waals surface area contributed by atoms with Crippen LogP contribution in [0.1, 0.15) is 44.9 Å². The molecule has 98 valence electrons. The first kappa shape index (κ1) is 12.3. The van der Waals surface area contributed by atoms with Gasteiger partial charge in [0, 0.05) is 18.4 Å². The summed E-state index contributed by atoms with van der Waals surface area (Å²) in [5, 5.41) is 3.70. The molecule has 3 aliphatic heterocycles. The van der Waals surface area contributed by atoms with Crippen LogP contribution in [0.5, 0.6) is 0 Å². The van der Waals surface area contributed by atoms with Crippen molar-refractivity contribution in [2.45, 2.75) is 56.6 Å². The zero-order valence-electron chi connectivity index (χ0n) is 10.7. The average molecular weight is 255 g/mol. The summed E-state index contributed by atoms with van der Waals surface area (Å²) in [6, 6.07) is 0.804. The maximum atomic E-state index is 6.10. The zero-order chi connectivity index (χ0) is 11.6. The molecule has 0 aromatic heterocycles. The third-order valence-electron chi connectivity index (χ3n) is 4.69. The molecule has 0 amide bonds. The molecular weight excluding hydrogens is 230 g/mol. The normalized spacial score (nSPS) is 43.1. The maximum absolute atomic E-state index is 6.10. The van der Waals surface area contributed by atoms with Gasteiger partial charge in [-0.05, 0) is 56.7 Å². The highest BCUT2D eigenvalue weighted by atomic mass is 32.2. The van der Waals surface area contributed by atoms with E-state index in [0.717, 1.165) is 18.6 Å². The summed E-state index contributed by atoms with van der Waals surface area (Å²) >= 11 is 2.09. The van der Waals surface area contributed by atoms with Crippen molar-refractivity contribution < 1.29 is 4.74 Å². The smallest absolute Gasteiger partial charge is 0.0783 e. The van der Waals surface area contributed by atoms with E-state index >= 15 is 0 Å². The van der Waals surface area contributed by atoms with Gasteiger partial charge in [-0.15, -0.1) is 0 Å². The number of hydrogen-bond acceptors (Lipinski definition) is 3. The molecule has 1 spiro atoms. The lowest BCUT2D eigenvalue weighted by molar-refractivity contribution is -0.0820. The van der Waals surface area contributed by atoms with Crippen molar-refractivity contribution in [3.63, 3.8) is 0 Å². The number of piperidine rings is 1. The Kier molecular flexibility index (Phi) is 3.98.